The normalized spacial score (nSPS) is 20.8. The number of nitrogens with zero attached hydrogens (tertiary/aromatic N) is 4. The van der Waals surface area contributed by atoms with Gasteiger partial charge in [-0.2, -0.15) is 27.8 Å². The van der Waals surface area contributed by atoms with Gasteiger partial charge < -0.3 is 9.47 Å². The molecule has 13 heteroatoms. The molecule has 1 fully saturated rings. The fourth-order valence-electron chi connectivity index (χ4n) is 4.74. The van der Waals surface area contributed by atoms with Crippen LogP contribution in [-0.4, -0.2) is 62.9 Å². The highest BCUT2D eigenvalue weighted by atomic mass is 32.2. The van der Waals surface area contributed by atoms with Crippen molar-refractivity contribution >= 4 is 27.4 Å². The number of hydrogen-bond acceptors (Lipinski definition) is 8. The van der Waals surface area contributed by atoms with Gasteiger partial charge in [-0.25, -0.2) is 8.42 Å². The summed E-state index contributed by atoms with van der Waals surface area (Å²) in [5.41, 5.74) is -0.515. The topological polar surface area (TPSA) is 112 Å². The zero-order chi connectivity index (χ0) is 28.4. The van der Waals surface area contributed by atoms with Crippen LogP contribution in [0.25, 0.3) is 0 Å². The molecule has 0 unspecified atom stereocenters. The van der Waals surface area contributed by atoms with Gasteiger partial charge >= 0.3 is 12.1 Å². The third kappa shape index (κ3) is 6.02. The molecule has 2 atom stereocenters. The molecule has 0 bridgehead atoms. The molecule has 0 amide bonds. The van der Waals surface area contributed by atoms with Crippen molar-refractivity contribution in [2.45, 2.75) is 49.4 Å². The van der Waals surface area contributed by atoms with Gasteiger partial charge in [0, 0.05) is 19.0 Å². The van der Waals surface area contributed by atoms with Gasteiger partial charge in [-0.05, 0) is 49.2 Å². The molecule has 0 radical (unpaired) electrons. The predicted octanol–water partition coefficient (Wildman–Crippen LogP) is 4.10. The summed E-state index contributed by atoms with van der Waals surface area (Å²) in [7, 11) is -2.65. The van der Waals surface area contributed by atoms with Crippen molar-refractivity contribution in [1.29, 1.82) is 5.26 Å². The standard InChI is InChI=1S/C26H27F3N4O5S/c1-17-22(15-24(34)37-2)33(31-25(17)26(27,28)29)19-7-9-20(10-8-19)38-21-11-13-32(14-12-21)39(35,36)23-6-4-3-5-18(23)16-30/h3-10,17,21-22H,11-15H2,1-2H3/t17-,22-/m0/s1. The Kier molecular flexibility index (Phi) is 8.17. The number of rotatable bonds is 7. The quantitative estimate of drug-likeness (QED) is 0.466. The SMILES string of the molecule is COC(=O)C[C@H]1[C@H](C)C(C(F)(F)F)=NN1c1ccc(OC2CCN(S(=O)(=O)c3ccccc3C#N)CC2)cc1. The lowest BCUT2D eigenvalue weighted by atomic mass is 9.94. The van der Waals surface area contributed by atoms with Crippen molar-refractivity contribution in [2.24, 2.45) is 11.0 Å². The van der Waals surface area contributed by atoms with Crippen LogP contribution in [0.15, 0.2) is 58.5 Å². The number of benzene rings is 2. The first-order valence-corrected chi connectivity index (χ1v) is 13.7. The number of hydrazone groups is 1. The Hall–Kier alpha value is -3.63. The summed E-state index contributed by atoms with van der Waals surface area (Å²) in [5.74, 6) is -1.21. The monoisotopic (exact) mass is 564 g/mol. The van der Waals surface area contributed by atoms with Crippen LogP contribution in [0, 0.1) is 17.2 Å². The maximum Gasteiger partial charge on any atom is 0.431 e. The number of sulfonamides is 1. The third-order valence-electron chi connectivity index (χ3n) is 6.86. The molecule has 4 rings (SSSR count). The van der Waals surface area contributed by atoms with Crippen molar-refractivity contribution in [1.82, 2.24) is 4.31 Å². The Morgan fingerprint density at radius 2 is 1.77 bits per heavy atom. The van der Waals surface area contributed by atoms with Crippen molar-refractivity contribution in [3.63, 3.8) is 0 Å². The molecule has 2 aliphatic heterocycles. The average Bonchev–Trinajstić information content (AvgIpc) is 3.25. The van der Waals surface area contributed by atoms with Crippen LogP contribution < -0.4 is 9.75 Å². The molecule has 208 valence electrons. The van der Waals surface area contributed by atoms with Crippen LogP contribution in [0.5, 0.6) is 5.75 Å². The van der Waals surface area contributed by atoms with Gasteiger partial charge in [0.25, 0.3) is 0 Å². The van der Waals surface area contributed by atoms with E-state index in [1.807, 2.05) is 6.07 Å². The Bertz CT molecular complexity index is 1380. The fourth-order valence-corrected chi connectivity index (χ4v) is 6.35. The van der Waals surface area contributed by atoms with E-state index >= 15 is 0 Å². The van der Waals surface area contributed by atoms with E-state index in [9.17, 15) is 31.6 Å². The van der Waals surface area contributed by atoms with E-state index in [4.69, 9.17) is 4.74 Å². The van der Waals surface area contributed by atoms with Gasteiger partial charge in [-0.3, -0.25) is 9.80 Å². The lowest BCUT2D eigenvalue weighted by Gasteiger charge is -2.31. The smallest absolute Gasteiger partial charge is 0.431 e. The summed E-state index contributed by atoms with van der Waals surface area (Å²) in [5, 5.41) is 14.2. The number of carbonyl (C=O) groups excluding carboxylic acids is 1. The van der Waals surface area contributed by atoms with Crippen molar-refractivity contribution in [2.75, 3.05) is 25.2 Å². The highest BCUT2D eigenvalue weighted by Crippen LogP contribution is 2.37. The summed E-state index contributed by atoms with van der Waals surface area (Å²) in [4.78, 5) is 11.8. The zero-order valence-corrected chi connectivity index (χ0v) is 22.1. The van der Waals surface area contributed by atoms with Gasteiger partial charge in [0.2, 0.25) is 10.0 Å². The first kappa shape index (κ1) is 28.4. The summed E-state index contributed by atoms with van der Waals surface area (Å²) in [6.07, 6.45) is -4.34. The van der Waals surface area contributed by atoms with Crippen LogP contribution in [0.3, 0.4) is 0 Å². The molecule has 2 aromatic carbocycles. The van der Waals surface area contributed by atoms with E-state index in [-0.39, 0.29) is 36.1 Å². The second-order valence-electron chi connectivity index (χ2n) is 9.29. The number of ether oxygens (including phenoxy) is 2. The molecule has 2 heterocycles. The molecule has 0 aromatic heterocycles. The molecule has 39 heavy (non-hydrogen) atoms. The molecule has 0 N–H and O–H groups in total. The van der Waals surface area contributed by atoms with E-state index in [1.165, 1.54) is 35.5 Å². The van der Waals surface area contributed by atoms with Crippen LogP contribution in [-0.2, 0) is 19.6 Å². The van der Waals surface area contributed by atoms with Gasteiger partial charge in [-0.1, -0.05) is 19.1 Å². The van der Waals surface area contributed by atoms with Gasteiger partial charge in [0.15, 0.2) is 0 Å². The van der Waals surface area contributed by atoms with Crippen LogP contribution >= 0.6 is 0 Å². The molecule has 0 aliphatic carbocycles. The van der Waals surface area contributed by atoms with E-state index in [0.29, 0.717) is 24.3 Å². The summed E-state index contributed by atoms with van der Waals surface area (Å²) < 4.78 is 78.6. The number of nitriles is 1. The first-order valence-electron chi connectivity index (χ1n) is 12.2. The maximum atomic E-state index is 13.5. The molecule has 0 spiro atoms. The van der Waals surface area contributed by atoms with Gasteiger partial charge in [-0.15, -0.1) is 0 Å². The molecule has 0 saturated carbocycles. The number of esters is 1. The Morgan fingerprint density at radius 3 is 2.36 bits per heavy atom. The minimum absolute atomic E-state index is 0.0273. The Balaban J connectivity index is 1.42. The Labute approximate surface area is 224 Å². The van der Waals surface area contributed by atoms with Crippen LogP contribution in [0.4, 0.5) is 18.9 Å². The van der Waals surface area contributed by atoms with Crippen molar-refractivity contribution in [3.8, 4) is 11.8 Å². The first-order chi connectivity index (χ1) is 18.5. The number of methoxy groups -OCH3 is 1. The fraction of sp³-hybridized carbons (Fsp3) is 0.423. The van der Waals surface area contributed by atoms with E-state index in [1.54, 1.807) is 36.4 Å². The van der Waals surface area contributed by atoms with E-state index in [2.05, 4.69) is 9.84 Å². The molecule has 2 aromatic rings. The Morgan fingerprint density at radius 1 is 1.13 bits per heavy atom. The number of carbonyl (C=O) groups is 1. The number of alkyl halides is 3. The lowest BCUT2D eigenvalue weighted by Crippen LogP contribution is -2.41. The molecule has 2 aliphatic rings. The van der Waals surface area contributed by atoms with E-state index in [0.717, 1.165) is 0 Å². The molecule has 9 nitrogen and oxygen atoms in total. The number of hydrogen-bond donors (Lipinski definition) is 0. The summed E-state index contributed by atoms with van der Waals surface area (Å²) in [6, 6.07) is 13.4. The molecular formula is C26H27F3N4O5S. The number of halogens is 3. The summed E-state index contributed by atoms with van der Waals surface area (Å²) >= 11 is 0. The largest absolute Gasteiger partial charge is 0.490 e. The third-order valence-corrected chi connectivity index (χ3v) is 8.82. The number of anilines is 1. The second kappa shape index (κ2) is 11.2. The molecular weight excluding hydrogens is 537 g/mol. The predicted molar refractivity (Wildman–Crippen MR) is 136 cm³/mol. The van der Waals surface area contributed by atoms with Crippen LogP contribution in [0.2, 0.25) is 0 Å². The van der Waals surface area contributed by atoms with Crippen LogP contribution in [0.1, 0.15) is 31.7 Å². The minimum atomic E-state index is -4.63. The highest BCUT2D eigenvalue weighted by molar-refractivity contribution is 7.89. The average molecular weight is 565 g/mol. The summed E-state index contributed by atoms with van der Waals surface area (Å²) in [6.45, 7) is 1.80. The highest BCUT2D eigenvalue weighted by Gasteiger charge is 2.49. The minimum Gasteiger partial charge on any atom is -0.490 e. The maximum absolute atomic E-state index is 13.5. The van der Waals surface area contributed by atoms with E-state index < -0.39 is 39.8 Å². The number of piperidine rings is 1. The zero-order valence-electron chi connectivity index (χ0n) is 21.3. The lowest BCUT2D eigenvalue weighted by molar-refractivity contribution is -0.141. The van der Waals surface area contributed by atoms with Crippen molar-refractivity contribution < 1.29 is 35.9 Å². The second-order valence-corrected chi connectivity index (χ2v) is 11.2. The molecule has 1 saturated heterocycles. The van der Waals surface area contributed by atoms with Gasteiger partial charge in [0.05, 0.1) is 35.7 Å². The van der Waals surface area contributed by atoms with Crippen molar-refractivity contribution in [3.05, 3.63) is 54.1 Å². The van der Waals surface area contributed by atoms with Gasteiger partial charge in [0.1, 0.15) is 23.6 Å².